The Hall–Kier alpha value is -1.63. The lowest BCUT2D eigenvalue weighted by Gasteiger charge is -2.18. The Bertz CT molecular complexity index is 573. The summed E-state index contributed by atoms with van der Waals surface area (Å²) >= 11 is 6.00. The van der Waals surface area contributed by atoms with Crippen LogP contribution in [0.3, 0.4) is 0 Å². The first-order valence-corrected chi connectivity index (χ1v) is 8.05. The van der Waals surface area contributed by atoms with Gasteiger partial charge in [-0.1, -0.05) is 17.7 Å². The van der Waals surface area contributed by atoms with Crippen LogP contribution in [-0.2, 0) is 14.3 Å². The van der Waals surface area contributed by atoms with Crippen molar-refractivity contribution in [3.8, 4) is 0 Å². The van der Waals surface area contributed by atoms with Gasteiger partial charge in [-0.2, -0.15) is 0 Å². The number of aryl methyl sites for hydroxylation is 1. The number of amides is 1. The number of hydrogen-bond acceptors (Lipinski definition) is 4. The number of rotatable bonds is 7. The van der Waals surface area contributed by atoms with E-state index in [1.165, 1.54) is 0 Å². The Labute approximate surface area is 140 Å². The molecule has 1 aliphatic rings. The second-order valence-corrected chi connectivity index (χ2v) is 6.16. The lowest BCUT2D eigenvalue weighted by atomic mass is 10.1. The molecule has 2 rings (SSSR count). The van der Waals surface area contributed by atoms with E-state index in [2.05, 4.69) is 5.32 Å². The summed E-state index contributed by atoms with van der Waals surface area (Å²) in [5.74, 6) is -1.64. The Morgan fingerprint density at radius 1 is 1.52 bits per heavy atom. The Balaban J connectivity index is 1.86. The van der Waals surface area contributed by atoms with Crippen LogP contribution < -0.4 is 15.7 Å². The predicted molar refractivity (Wildman–Crippen MR) is 84.0 cm³/mol. The van der Waals surface area contributed by atoms with E-state index in [4.69, 9.17) is 16.3 Å². The molecule has 6 nitrogen and oxygen atoms in total. The molecule has 1 aliphatic heterocycles. The molecule has 0 saturated carbocycles. The number of quaternary nitrogens is 1. The minimum absolute atomic E-state index is 0.0517. The first-order chi connectivity index (χ1) is 11.0. The number of carboxylic acids is 1. The number of benzene rings is 1. The van der Waals surface area contributed by atoms with Gasteiger partial charge in [-0.3, -0.25) is 4.79 Å². The Morgan fingerprint density at radius 3 is 2.91 bits per heavy atom. The van der Waals surface area contributed by atoms with Crippen molar-refractivity contribution in [3.05, 3.63) is 28.8 Å². The van der Waals surface area contributed by atoms with E-state index in [0.29, 0.717) is 23.9 Å². The second kappa shape index (κ2) is 8.29. The van der Waals surface area contributed by atoms with Crippen LogP contribution in [0, 0.1) is 6.92 Å². The molecule has 0 bridgehead atoms. The molecule has 126 valence electrons. The fraction of sp³-hybridized carbons (Fsp3) is 0.500. The van der Waals surface area contributed by atoms with E-state index in [0.717, 1.165) is 18.4 Å². The van der Waals surface area contributed by atoms with Crippen molar-refractivity contribution in [3.63, 3.8) is 0 Å². The lowest BCUT2D eigenvalue weighted by molar-refractivity contribution is -0.687. The van der Waals surface area contributed by atoms with Gasteiger partial charge in [0.25, 0.3) is 0 Å². The number of halogens is 1. The molecule has 0 aromatic heterocycles. The summed E-state index contributed by atoms with van der Waals surface area (Å²) in [4.78, 5) is 23.2. The third kappa shape index (κ3) is 5.49. The topological polar surface area (TPSA) is 95.1 Å². The third-order valence-corrected chi connectivity index (χ3v) is 4.28. The van der Waals surface area contributed by atoms with E-state index >= 15 is 0 Å². The van der Waals surface area contributed by atoms with Gasteiger partial charge < -0.3 is 25.3 Å². The monoisotopic (exact) mass is 340 g/mol. The van der Waals surface area contributed by atoms with E-state index in [9.17, 15) is 14.7 Å². The van der Waals surface area contributed by atoms with Crippen molar-refractivity contribution >= 4 is 29.2 Å². The lowest BCUT2D eigenvalue weighted by Crippen LogP contribution is -2.94. The van der Waals surface area contributed by atoms with Crippen molar-refractivity contribution in [2.24, 2.45) is 0 Å². The van der Waals surface area contributed by atoms with Crippen LogP contribution in [0.15, 0.2) is 18.2 Å². The van der Waals surface area contributed by atoms with Crippen molar-refractivity contribution in [2.45, 2.75) is 38.3 Å². The standard InChI is InChI=1S/C16H21ClN2O4/c1-10-4-5-11(7-13(10)17)19-15(20)8-14(16(21)22)18-9-12-3-2-6-23-12/h4-5,7,12,14,18H,2-3,6,8-9H2,1H3,(H,19,20)(H,21,22)/t12-,14+/m0/s1. The van der Waals surface area contributed by atoms with E-state index < -0.39 is 12.0 Å². The molecule has 1 amide bonds. The van der Waals surface area contributed by atoms with Crippen LogP contribution in [0.4, 0.5) is 5.69 Å². The van der Waals surface area contributed by atoms with Crippen molar-refractivity contribution in [1.29, 1.82) is 0 Å². The van der Waals surface area contributed by atoms with Gasteiger partial charge in [0.15, 0.2) is 0 Å². The highest BCUT2D eigenvalue weighted by Gasteiger charge is 2.23. The van der Waals surface area contributed by atoms with Crippen LogP contribution in [-0.4, -0.2) is 37.2 Å². The van der Waals surface area contributed by atoms with Gasteiger partial charge in [-0.05, 0) is 37.5 Å². The maximum absolute atomic E-state index is 12.0. The molecular weight excluding hydrogens is 320 g/mol. The van der Waals surface area contributed by atoms with Gasteiger partial charge in [-0.25, -0.2) is 0 Å². The van der Waals surface area contributed by atoms with Crippen LogP contribution >= 0.6 is 11.6 Å². The summed E-state index contributed by atoms with van der Waals surface area (Å²) < 4.78 is 5.45. The molecule has 1 fully saturated rings. The van der Waals surface area contributed by atoms with Crippen LogP contribution in [0.25, 0.3) is 0 Å². The maximum Gasteiger partial charge on any atom is 0.230 e. The number of carbonyl (C=O) groups excluding carboxylic acids is 2. The first-order valence-electron chi connectivity index (χ1n) is 7.67. The number of carboxylic acid groups (broad SMARTS) is 1. The second-order valence-electron chi connectivity index (χ2n) is 5.75. The molecular formula is C16H21ClN2O4. The average molecular weight is 341 g/mol. The molecule has 1 aromatic rings. The average Bonchev–Trinajstić information content (AvgIpc) is 3.00. The zero-order valence-electron chi connectivity index (χ0n) is 13.0. The van der Waals surface area contributed by atoms with E-state index in [1.54, 1.807) is 23.5 Å². The highest BCUT2D eigenvalue weighted by Crippen LogP contribution is 2.20. The first kappa shape index (κ1) is 17.7. The van der Waals surface area contributed by atoms with Crippen LogP contribution in [0.1, 0.15) is 24.8 Å². The molecule has 0 aliphatic carbocycles. The number of hydrogen-bond donors (Lipinski definition) is 2. The molecule has 2 atom stereocenters. The van der Waals surface area contributed by atoms with E-state index in [1.807, 2.05) is 6.92 Å². The molecule has 0 unspecified atom stereocenters. The van der Waals surface area contributed by atoms with Gasteiger partial charge in [0, 0.05) is 17.3 Å². The van der Waals surface area contributed by atoms with Crippen LogP contribution in [0.5, 0.6) is 0 Å². The molecule has 1 heterocycles. The molecule has 7 heteroatoms. The number of carbonyl (C=O) groups is 2. The normalized spacial score (nSPS) is 18.6. The fourth-order valence-electron chi connectivity index (χ4n) is 2.49. The smallest absolute Gasteiger partial charge is 0.230 e. The largest absolute Gasteiger partial charge is 0.544 e. The molecule has 1 saturated heterocycles. The quantitative estimate of drug-likeness (QED) is 0.721. The number of anilines is 1. The van der Waals surface area contributed by atoms with Gasteiger partial charge in [0.05, 0.1) is 12.4 Å². The SMILES string of the molecule is Cc1ccc(NC(=O)C[C@@H]([NH2+]C[C@@H]2CCCO2)C(=O)[O-])cc1Cl. The highest BCUT2D eigenvalue weighted by molar-refractivity contribution is 6.31. The van der Waals surface area contributed by atoms with Crippen LogP contribution in [0.2, 0.25) is 5.02 Å². The van der Waals surface area contributed by atoms with Crippen molar-refractivity contribution < 1.29 is 24.7 Å². The summed E-state index contributed by atoms with van der Waals surface area (Å²) in [5, 5.41) is 16.0. The summed E-state index contributed by atoms with van der Waals surface area (Å²) in [6.07, 6.45) is 1.80. The predicted octanol–water partition coefficient (Wildman–Crippen LogP) is -0.162. The minimum Gasteiger partial charge on any atom is -0.544 e. The molecule has 1 aromatic carbocycles. The highest BCUT2D eigenvalue weighted by atomic mass is 35.5. The van der Waals surface area contributed by atoms with Gasteiger partial charge in [0.1, 0.15) is 18.7 Å². The summed E-state index contributed by atoms with van der Waals surface area (Å²) in [6.45, 7) is 3.09. The summed E-state index contributed by atoms with van der Waals surface area (Å²) in [6, 6.07) is 4.22. The molecule has 3 N–H and O–H groups in total. The zero-order chi connectivity index (χ0) is 16.8. The summed E-state index contributed by atoms with van der Waals surface area (Å²) in [7, 11) is 0. The van der Waals surface area contributed by atoms with Gasteiger partial charge in [-0.15, -0.1) is 0 Å². The number of aliphatic carboxylic acids is 1. The minimum atomic E-state index is -1.25. The van der Waals surface area contributed by atoms with Gasteiger partial charge >= 0.3 is 0 Å². The Morgan fingerprint density at radius 2 is 2.30 bits per heavy atom. The van der Waals surface area contributed by atoms with Crippen molar-refractivity contribution in [2.75, 3.05) is 18.5 Å². The zero-order valence-corrected chi connectivity index (χ0v) is 13.8. The molecule has 23 heavy (non-hydrogen) atoms. The fourth-order valence-corrected chi connectivity index (χ4v) is 2.67. The number of nitrogens with two attached hydrogens (primary N) is 1. The summed E-state index contributed by atoms with van der Waals surface area (Å²) in [5.41, 5.74) is 1.45. The maximum atomic E-state index is 12.0. The Kier molecular flexibility index (Phi) is 6.38. The van der Waals surface area contributed by atoms with Gasteiger partial charge in [0.2, 0.25) is 5.91 Å². The molecule has 0 spiro atoms. The third-order valence-electron chi connectivity index (χ3n) is 3.87. The number of nitrogens with one attached hydrogen (secondary N) is 1. The van der Waals surface area contributed by atoms with Crippen molar-refractivity contribution in [1.82, 2.24) is 0 Å². The number of ether oxygens (including phenoxy) is 1. The van der Waals surface area contributed by atoms with E-state index in [-0.39, 0.29) is 18.4 Å². The molecule has 0 radical (unpaired) electrons.